The van der Waals surface area contributed by atoms with E-state index in [9.17, 15) is 14.7 Å². The van der Waals surface area contributed by atoms with Crippen LogP contribution in [0.5, 0.6) is 0 Å². The highest BCUT2D eigenvalue weighted by molar-refractivity contribution is 6.99. The average Bonchev–Trinajstić information content (AvgIpc) is 3.29. The van der Waals surface area contributed by atoms with Gasteiger partial charge in [0.05, 0.1) is 17.3 Å². The maximum absolute atomic E-state index is 12.8. The van der Waals surface area contributed by atoms with Gasteiger partial charge >= 0.3 is 5.97 Å². The fourth-order valence-corrected chi connectivity index (χ4v) is 9.16. The quantitative estimate of drug-likeness (QED) is 0.301. The van der Waals surface area contributed by atoms with Crippen LogP contribution in [-0.4, -0.2) is 40.1 Å². The summed E-state index contributed by atoms with van der Waals surface area (Å²) in [5, 5.41) is 18.8. The van der Waals surface area contributed by atoms with Gasteiger partial charge in [-0.05, 0) is 33.6 Å². The van der Waals surface area contributed by atoms with Crippen LogP contribution in [0.2, 0.25) is 10.1 Å². The zero-order chi connectivity index (χ0) is 27.3. The van der Waals surface area contributed by atoms with E-state index in [-0.39, 0.29) is 23.9 Å². The van der Waals surface area contributed by atoms with Crippen LogP contribution in [0.25, 0.3) is 0 Å². The van der Waals surface area contributed by atoms with Crippen molar-refractivity contribution in [2.45, 2.75) is 39.0 Å². The van der Waals surface area contributed by atoms with E-state index in [0.717, 1.165) is 10.4 Å². The van der Waals surface area contributed by atoms with E-state index in [2.05, 4.69) is 60.4 Å². The number of nitrogens with zero attached hydrogens (tertiary/aromatic N) is 3. The number of pyridine rings is 1. The van der Waals surface area contributed by atoms with Gasteiger partial charge in [0.25, 0.3) is 8.32 Å². The van der Waals surface area contributed by atoms with E-state index in [1.54, 1.807) is 12.1 Å². The Labute approximate surface area is 227 Å². The average molecular weight is 549 g/mol. The van der Waals surface area contributed by atoms with Gasteiger partial charge in [0.2, 0.25) is 5.91 Å². The second kappa shape index (κ2) is 11.3. The molecule has 0 fully saturated rings. The van der Waals surface area contributed by atoms with Crippen molar-refractivity contribution in [3.8, 4) is 0 Å². The van der Waals surface area contributed by atoms with Gasteiger partial charge in [-0.2, -0.15) is 5.10 Å². The van der Waals surface area contributed by atoms with Crippen LogP contribution in [0.1, 0.15) is 37.0 Å². The molecule has 0 saturated heterocycles. The molecule has 4 rings (SSSR count). The molecule has 0 spiro atoms. The van der Waals surface area contributed by atoms with Gasteiger partial charge in [0, 0.05) is 6.20 Å². The maximum Gasteiger partial charge on any atom is 0.356 e. The highest BCUT2D eigenvalue weighted by Gasteiger charge is 2.50. The van der Waals surface area contributed by atoms with Gasteiger partial charge in [-0.15, -0.1) is 0 Å². The molecule has 0 saturated carbocycles. The normalized spacial score (nSPS) is 11.8. The molecule has 0 unspecified atom stereocenters. The number of aromatic carboxylic acids is 1. The van der Waals surface area contributed by atoms with E-state index in [1.807, 2.05) is 36.4 Å². The molecule has 0 atom stereocenters. The topological polar surface area (TPSA) is 106 Å². The minimum absolute atomic E-state index is 0.0695. The van der Waals surface area contributed by atoms with Crippen molar-refractivity contribution in [2.24, 2.45) is 0 Å². The first kappa shape index (κ1) is 27.2. The Balaban J connectivity index is 1.68. The number of benzene rings is 2. The number of amides is 1. The number of halogens is 1. The van der Waals surface area contributed by atoms with E-state index < -0.39 is 20.2 Å². The van der Waals surface area contributed by atoms with E-state index >= 15 is 0 Å². The molecule has 2 aromatic heterocycles. The fraction of sp³-hybridized carbons (Fsp3) is 0.214. The number of hydrogen-bond donors (Lipinski definition) is 2. The lowest BCUT2D eigenvalue weighted by molar-refractivity contribution is -0.117. The first-order valence-electron chi connectivity index (χ1n) is 12.1. The van der Waals surface area contributed by atoms with Crippen molar-refractivity contribution in [2.75, 3.05) is 5.32 Å². The Morgan fingerprint density at radius 3 is 2.11 bits per heavy atom. The number of aromatic nitrogens is 3. The first-order chi connectivity index (χ1) is 18.1. The van der Waals surface area contributed by atoms with Crippen LogP contribution in [0, 0.1) is 0 Å². The Morgan fingerprint density at radius 2 is 1.61 bits per heavy atom. The van der Waals surface area contributed by atoms with Gasteiger partial charge in [-0.1, -0.05) is 93.0 Å². The van der Waals surface area contributed by atoms with Crippen LogP contribution in [0.4, 0.5) is 5.82 Å². The molecule has 0 aliphatic rings. The lowest BCUT2D eigenvalue weighted by atomic mass is 10.2. The third-order valence-electron chi connectivity index (χ3n) is 6.22. The molecule has 0 radical (unpaired) electrons. The van der Waals surface area contributed by atoms with Crippen molar-refractivity contribution in [1.82, 2.24) is 14.8 Å². The monoisotopic (exact) mass is 548 g/mol. The highest BCUT2D eigenvalue weighted by atomic mass is 35.5. The fourth-order valence-electron chi connectivity index (χ4n) is 4.52. The summed E-state index contributed by atoms with van der Waals surface area (Å²) in [4.78, 5) is 28.6. The number of carbonyl (C=O) groups excluding carboxylic acids is 1. The minimum Gasteiger partial charge on any atom is -0.476 e. The Hall–Kier alpha value is -3.79. The van der Waals surface area contributed by atoms with Crippen molar-refractivity contribution in [3.63, 3.8) is 0 Å². The molecule has 38 heavy (non-hydrogen) atoms. The maximum atomic E-state index is 12.8. The molecule has 0 aliphatic carbocycles. The number of carbonyl (C=O) groups is 2. The van der Waals surface area contributed by atoms with Gasteiger partial charge in [0.15, 0.2) is 5.69 Å². The molecular formula is C28H29ClN4O4Si. The summed E-state index contributed by atoms with van der Waals surface area (Å²) in [5.74, 6) is -1.27. The van der Waals surface area contributed by atoms with E-state index in [0.29, 0.717) is 16.5 Å². The molecular weight excluding hydrogens is 520 g/mol. The predicted molar refractivity (Wildman–Crippen MR) is 149 cm³/mol. The molecule has 0 aliphatic heterocycles. The van der Waals surface area contributed by atoms with Gasteiger partial charge in [0.1, 0.15) is 12.4 Å². The van der Waals surface area contributed by atoms with Crippen molar-refractivity contribution in [3.05, 3.63) is 101 Å². The van der Waals surface area contributed by atoms with Crippen LogP contribution >= 0.6 is 11.6 Å². The van der Waals surface area contributed by atoms with Gasteiger partial charge in [-0.3, -0.25) is 9.48 Å². The molecule has 2 N–H and O–H groups in total. The zero-order valence-corrected chi connectivity index (χ0v) is 23.1. The van der Waals surface area contributed by atoms with Crippen LogP contribution in [0.3, 0.4) is 0 Å². The summed E-state index contributed by atoms with van der Waals surface area (Å²) < 4.78 is 8.29. The predicted octanol–water partition coefficient (Wildman–Crippen LogP) is 4.35. The summed E-state index contributed by atoms with van der Waals surface area (Å²) in [6, 6.07) is 24.9. The van der Waals surface area contributed by atoms with Crippen molar-refractivity contribution >= 4 is 48.0 Å². The molecule has 8 nitrogen and oxygen atoms in total. The molecule has 0 bridgehead atoms. The Morgan fingerprint density at radius 1 is 1.00 bits per heavy atom. The number of nitrogens with one attached hydrogen (secondary N) is 1. The van der Waals surface area contributed by atoms with Crippen LogP contribution in [0.15, 0.2) is 85.1 Å². The van der Waals surface area contributed by atoms with Gasteiger partial charge < -0.3 is 14.8 Å². The molecule has 1 amide bonds. The Kier molecular flexibility index (Phi) is 8.10. The third kappa shape index (κ3) is 5.85. The Bertz CT molecular complexity index is 1370. The number of anilines is 1. The summed E-state index contributed by atoms with van der Waals surface area (Å²) in [5.41, 5.74) is 0.318. The van der Waals surface area contributed by atoms with Crippen molar-refractivity contribution < 1.29 is 19.1 Å². The second-order valence-corrected chi connectivity index (χ2v) is 14.6. The smallest absolute Gasteiger partial charge is 0.356 e. The number of carboxylic acid groups (broad SMARTS) is 1. The third-order valence-corrected chi connectivity index (χ3v) is 11.4. The minimum atomic E-state index is -2.89. The zero-order valence-electron chi connectivity index (χ0n) is 21.4. The van der Waals surface area contributed by atoms with Gasteiger partial charge in [-0.25, -0.2) is 9.78 Å². The second-order valence-electron chi connectivity index (χ2n) is 9.85. The largest absolute Gasteiger partial charge is 0.476 e. The number of rotatable bonds is 9. The molecule has 10 heteroatoms. The molecule has 4 aromatic rings. The molecule has 2 heterocycles. The van der Waals surface area contributed by atoms with Crippen LogP contribution in [-0.2, 0) is 22.4 Å². The van der Waals surface area contributed by atoms with Crippen LogP contribution < -0.4 is 15.7 Å². The standard InChI is InChI=1S/C28H29ClN4O4Si/c1-28(2,3)38(22-10-6-4-7-11-22,23-12-8-5-9-13-23)37-19-21-16-24(27(35)36)32-33(21)18-26(34)31-25-15-14-20(29)17-30-25/h4-17H,18-19H2,1-3H3,(H,35,36)(H,30,31,34). The lowest BCUT2D eigenvalue weighted by Crippen LogP contribution is -2.66. The summed E-state index contributed by atoms with van der Waals surface area (Å²) >= 11 is 5.87. The first-order valence-corrected chi connectivity index (χ1v) is 14.4. The van der Waals surface area contributed by atoms with Crippen molar-refractivity contribution in [1.29, 1.82) is 0 Å². The van der Waals surface area contributed by atoms with E-state index in [1.165, 1.54) is 16.9 Å². The molecule has 196 valence electrons. The summed E-state index contributed by atoms with van der Waals surface area (Å²) in [6.45, 7) is 6.33. The molecule has 2 aromatic carbocycles. The summed E-state index contributed by atoms with van der Waals surface area (Å²) in [6.07, 6.45) is 1.43. The highest BCUT2D eigenvalue weighted by Crippen LogP contribution is 2.37. The lowest BCUT2D eigenvalue weighted by Gasteiger charge is -2.43. The number of hydrogen-bond acceptors (Lipinski definition) is 5. The van der Waals surface area contributed by atoms with E-state index in [4.69, 9.17) is 16.0 Å². The summed E-state index contributed by atoms with van der Waals surface area (Å²) in [7, 11) is -2.89. The SMILES string of the molecule is CC(C)(C)[Si](OCc1cc(C(=O)O)nn1CC(=O)Nc1ccc(Cl)cn1)(c1ccccc1)c1ccccc1. The number of carboxylic acids is 1.